The van der Waals surface area contributed by atoms with E-state index < -0.39 is 0 Å². The zero-order valence-electron chi connectivity index (χ0n) is 14.3. The predicted molar refractivity (Wildman–Crippen MR) is 98.9 cm³/mol. The van der Waals surface area contributed by atoms with Crippen LogP contribution in [0.4, 0.5) is 5.69 Å². The van der Waals surface area contributed by atoms with Crippen LogP contribution in [0.1, 0.15) is 5.69 Å². The Labute approximate surface area is 150 Å². The molecule has 0 fully saturated rings. The van der Waals surface area contributed by atoms with Crippen molar-refractivity contribution in [3.8, 4) is 22.9 Å². The lowest BCUT2D eigenvalue weighted by molar-refractivity contribution is 0.482. The van der Waals surface area contributed by atoms with Crippen LogP contribution >= 0.6 is 0 Å². The molecule has 7 nitrogen and oxygen atoms in total. The number of ether oxygens (including phenoxy) is 1. The first-order valence-corrected chi connectivity index (χ1v) is 8.22. The van der Waals surface area contributed by atoms with Gasteiger partial charge in [-0.05, 0) is 42.5 Å². The molecule has 130 valence electrons. The van der Waals surface area contributed by atoms with E-state index in [9.17, 15) is 0 Å². The molecule has 0 radical (unpaired) electrons. The fraction of sp³-hybridized carbons (Fsp3) is 0.105. The number of nitrogens with zero attached hydrogens (tertiary/aromatic N) is 4. The summed E-state index contributed by atoms with van der Waals surface area (Å²) in [6, 6.07) is 15.6. The van der Waals surface area contributed by atoms with Crippen molar-refractivity contribution < 1.29 is 4.74 Å². The molecule has 0 bridgehead atoms. The molecule has 0 saturated carbocycles. The van der Waals surface area contributed by atoms with E-state index >= 15 is 0 Å². The highest BCUT2D eigenvalue weighted by molar-refractivity contribution is 5.54. The number of hydrogen-bond acceptors (Lipinski definition) is 5. The summed E-state index contributed by atoms with van der Waals surface area (Å²) in [6.45, 7) is 0.642. The maximum atomic E-state index is 5.74. The molecule has 4 rings (SSSR count). The van der Waals surface area contributed by atoms with E-state index in [0.29, 0.717) is 12.3 Å². The van der Waals surface area contributed by atoms with Crippen molar-refractivity contribution in [1.82, 2.24) is 25.0 Å². The maximum absolute atomic E-state index is 5.74. The van der Waals surface area contributed by atoms with Gasteiger partial charge in [0.1, 0.15) is 11.4 Å². The van der Waals surface area contributed by atoms with Crippen molar-refractivity contribution in [2.45, 2.75) is 6.54 Å². The van der Waals surface area contributed by atoms with Gasteiger partial charge < -0.3 is 10.1 Å². The van der Waals surface area contributed by atoms with E-state index in [2.05, 4.69) is 25.6 Å². The van der Waals surface area contributed by atoms with Crippen LogP contribution in [0.25, 0.3) is 11.4 Å². The van der Waals surface area contributed by atoms with Gasteiger partial charge in [0.15, 0.2) is 5.75 Å². The number of nitrogens with one attached hydrogen (secondary N) is 2. The van der Waals surface area contributed by atoms with Crippen LogP contribution in [0.2, 0.25) is 0 Å². The molecule has 3 aromatic heterocycles. The second-order valence-corrected chi connectivity index (χ2v) is 5.82. The quantitative estimate of drug-likeness (QED) is 0.557. The second kappa shape index (κ2) is 7.10. The van der Waals surface area contributed by atoms with Crippen LogP contribution in [0.5, 0.6) is 11.5 Å². The molecule has 7 heteroatoms. The standard InChI is InChI=1S/C19H18N6O/c1-25-13-17(12-22-25)26-16-7-5-14(6-8-16)21-11-15-10-19(24-23-15)18-4-2-3-9-20-18/h2-10,12-13,21H,11H2,1H3,(H,23,24). The minimum absolute atomic E-state index is 0.642. The summed E-state index contributed by atoms with van der Waals surface area (Å²) in [5, 5.41) is 14.8. The lowest BCUT2D eigenvalue weighted by Gasteiger charge is -2.06. The van der Waals surface area contributed by atoms with Gasteiger partial charge >= 0.3 is 0 Å². The third kappa shape index (κ3) is 3.72. The number of hydrogen-bond donors (Lipinski definition) is 2. The molecule has 0 aliphatic heterocycles. The zero-order chi connectivity index (χ0) is 17.8. The Morgan fingerprint density at radius 3 is 2.69 bits per heavy atom. The van der Waals surface area contributed by atoms with Crippen molar-refractivity contribution >= 4 is 5.69 Å². The third-order valence-electron chi connectivity index (χ3n) is 3.81. The lowest BCUT2D eigenvalue weighted by Crippen LogP contribution is -1.99. The summed E-state index contributed by atoms with van der Waals surface area (Å²) in [5.41, 5.74) is 3.67. The SMILES string of the molecule is Cn1cc(Oc2ccc(NCc3cc(-c4ccccn4)n[nH]3)cc2)cn1. The van der Waals surface area contributed by atoms with E-state index in [1.54, 1.807) is 17.1 Å². The van der Waals surface area contributed by atoms with Gasteiger partial charge in [-0.3, -0.25) is 14.8 Å². The first-order valence-electron chi connectivity index (χ1n) is 8.22. The van der Waals surface area contributed by atoms with Gasteiger partial charge in [-0.2, -0.15) is 10.2 Å². The second-order valence-electron chi connectivity index (χ2n) is 5.82. The van der Waals surface area contributed by atoms with Crippen molar-refractivity contribution in [2.75, 3.05) is 5.32 Å². The van der Waals surface area contributed by atoms with E-state index in [0.717, 1.165) is 28.5 Å². The van der Waals surface area contributed by atoms with Crippen LogP contribution in [-0.2, 0) is 13.6 Å². The molecule has 3 heterocycles. The Hall–Kier alpha value is -3.61. The monoisotopic (exact) mass is 346 g/mol. The molecule has 2 N–H and O–H groups in total. The Balaban J connectivity index is 1.35. The molecule has 0 aliphatic rings. The molecular weight excluding hydrogens is 328 g/mol. The van der Waals surface area contributed by atoms with Gasteiger partial charge in [0.25, 0.3) is 0 Å². The summed E-state index contributed by atoms with van der Waals surface area (Å²) < 4.78 is 7.44. The molecule has 0 amide bonds. The van der Waals surface area contributed by atoms with Crippen molar-refractivity contribution in [3.05, 3.63) is 72.8 Å². The highest BCUT2D eigenvalue weighted by Crippen LogP contribution is 2.22. The Morgan fingerprint density at radius 1 is 1.08 bits per heavy atom. The van der Waals surface area contributed by atoms with Crippen LogP contribution in [0, 0.1) is 0 Å². The summed E-state index contributed by atoms with van der Waals surface area (Å²) in [5.74, 6) is 1.48. The van der Waals surface area contributed by atoms with Crippen molar-refractivity contribution in [2.24, 2.45) is 7.05 Å². The molecule has 0 unspecified atom stereocenters. The lowest BCUT2D eigenvalue weighted by atomic mass is 10.2. The Bertz CT molecular complexity index is 975. The van der Waals surface area contributed by atoms with Crippen LogP contribution in [0.3, 0.4) is 0 Å². The largest absolute Gasteiger partial charge is 0.454 e. The van der Waals surface area contributed by atoms with E-state index in [1.165, 1.54) is 0 Å². The number of benzene rings is 1. The normalized spacial score (nSPS) is 10.7. The zero-order valence-corrected chi connectivity index (χ0v) is 14.3. The maximum Gasteiger partial charge on any atom is 0.165 e. The van der Waals surface area contributed by atoms with Crippen molar-refractivity contribution in [3.63, 3.8) is 0 Å². The average Bonchev–Trinajstić information content (AvgIpc) is 3.31. The minimum Gasteiger partial charge on any atom is -0.454 e. The van der Waals surface area contributed by atoms with E-state index in [-0.39, 0.29) is 0 Å². The number of aromatic nitrogens is 5. The van der Waals surface area contributed by atoms with Gasteiger partial charge in [0.2, 0.25) is 0 Å². The molecule has 0 atom stereocenters. The minimum atomic E-state index is 0.642. The number of aromatic amines is 1. The average molecular weight is 346 g/mol. The first kappa shape index (κ1) is 15.9. The van der Waals surface area contributed by atoms with Crippen LogP contribution in [0.15, 0.2) is 67.1 Å². The highest BCUT2D eigenvalue weighted by atomic mass is 16.5. The topological polar surface area (TPSA) is 80.6 Å². The third-order valence-corrected chi connectivity index (χ3v) is 3.81. The van der Waals surface area contributed by atoms with Gasteiger partial charge in [-0.25, -0.2) is 0 Å². The Morgan fingerprint density at radius 2 is 1.96 bits per heavy atom. The van der Waals surface area contributed by atoms with Gasteiger partial charge in [0.05, 0.1) is 30.3 Å². The van der Waals surface area contributed by atoms with Gasteiger partial charge in [0, 0.05) is 18.9 Å². The van der Waals surface area contributed by atoms with Crippen LogP contribution < -0.4 is 10.1 Å². The molecule has 4 aromatic rings. The number of rotatable bonds is 6. The van der Waals surface area contributed by atoms with Crippen LogP contribution in [-0.4, -0.2) is 25.0 Å². The first-order chi connectivity index (χ1) is 12.8. The number of pyridine rings is 1. The van der Waals surface area contributed by atoms with Crippen molar-refractivity contribution in [1.29, 1.82) is 0 Å². The fourth-order valence-corrected chi connectivity index (χ4v) is 2.52. The Kier molecular flexibility index (Phi) is 4.34. The molecule has 1 aromatic carbocycles. The molecule has 0 aliphatic carbocycles. The van der Waals surface area contributed by atoms with E-state index in [1.807, 2.05) is 61.8 Å². The number of H-pyrrole nitrogens is 1. The summed E-state index contributed by atoms with van der Waals surface area (Å²) in [7, 11) is 1.86. The number of aryl methyl sites for hydroxylation is 1. The molecule has 26 heavy (non-hydrogen) atoms. The predicted octanol–water partition coefficient (Wildman–Crippen LogP) is 3.61. The number of anilines is 1. The summed E-state index contributed by atoms with van der Waals surface area (Å²) in [6.07, 6.45) is 5.27. The molecule has 0 saturated heterocycles. The van der Waals surface area contributed by atoms with Gasteiger partial charge in [-0.1, -0.05) is 6.07 Å². The highest BCUT2D eigenvalue weighted by Gasteiger charge is 2.05. The van der Waals surface area contributed by atoms with E-state index in [4.69, 9.17) is 4.74 Å². The summed E-state index contributed by atoms with van der Waals surface area (Å²) >= 11 is 0. The fourth-order valence-electron chi connectivity index (χ4n) is 2.52. The molecule has 0 spiro atoms. The summed E-state index contributed by atoms with van der Waals surface area (Å²) in [4.78, 5) is 4.30. The molecular formula is C19H18N6O. The smallest absolute Gasteiger partial charge is 0.165 e. The van der Waals surface area contributed by atoms with Gasteiger partial charge in [-0.15, -0.1) is 0 Å².